The van der Waals surface area contributed by atoms with Crippen molar-refractivity contribution in [2.24, 2.45) is 0 Å². The molecule has 2 aliphatic rings. The standard InChI is InChI=1S/C11H16N4/c1-2-10-9(3-7-15(10)6-1)14-11-8-12-4-5-13-11/h4-5,8-10H,1-3,6-7H2,(H,13,14). The van der Waals surface area contributed by atoms with Crippen molar-refractivity contribution in [3.05, 3.63) is 18.6 Å². The number of hydrogen-bond donors (Lipinski definition) is 1. The molecule has 3 heterocycles. The van der Waals surface area contributed by atoms with Crippen molar-refractivity contribution >= 4 is 5.82 Å². The summed E-state index contributed by atoms with van der Waals surface area (Å²) in [7, 11) is 0. The lowest BCUT2D eigenvalue weighted by Crippen LogP contribution is -2.33. The SMILES string of the molecule is c1cnc(NC2CCN3CCCC23)cn1. The van der Waals surface area contributed by atoms with E-state index in [9.17, 15) is 0 Å². The van der Waals surface area contributed by atoms with Gasteiger partial charge in [0.15, 0.2) is 0 Å². The highest BCUT2D eigenvalue weighted by molar-refractivity contribution is 5.33. The fraction of sp³-hybridized carbons (Fsp3) is 0.636. The molecule has 0 aliphatic carbocycles. The highest BCUT2D eigenvalue weighted by Gasteiger charge is 2.37. The molecule has 0 amide bonds. The van der Waals surface area contributed by atoms with Crippen LogP contribution >= 0.6 is 0 Å². The molecule has 80 valence electrons. The molecule has 4 nitrogen and oxygen atoms in total. The lowest BCUT2D eigenvalue weighted by atomic mass is 10.1. The summed E-state index contributed by atoms with van der Waals surface area (Å²) in [6.45, 7) is 2.52. The van der Waals surface area contributed by atoms with Crippen LogP contribution in [0.3, 0.4) is 0 Å². The first-order valence-electron chi connectivity index (χ1n) is 5.70. The fourth-order valence-electron chi connectivity index (χ4n) is 2.81. The van der Waals surface area contributed by atoms with E-state index in [1.165, 1.54) is 32.4 Å². The number of aromatic nitrogens is 2. The molecule has 2 atom stereocenters. The second kappa shape index (κ2) is 3.77. The second-order valence-electron chi connectivity index (χ2n) is 4.38. The molecule has 2 unspecified atom stereocenters. The summed E-state index contributed by atoms with van der Waals surface area (Å²) in [5.74, 6) is 0.913. The van der Waals surface area contributed by atoms with Crippen LogP contribution in [0.2, 0.25) is 0 Å². The van der Waals surface area contributed by atoms with Gasteiger partial charge >= 0.3 is 0 Å². The number of hydrogen-bond acceptors (Lipinski definition) is 4. The molecule has 1 aromatic rings. The Balaban J connectivity index is 1.69. The summed E-state index contributed by atoms with van der Waals surface area (Å²) in [4.78, 5) is 10.9. The van der Waals surface area contributed by atoms with Crippen molar-refractivity contribution < 1.29 is 0 Å². The smallest absolute Gasteiger partial charge is 0.144 e. The van der Waals surface area contributed by atoms with Gasteiger partial charge in [-0.15, -0.1) is 0 Å². The van der Waals surface area contributed by atoms with Gasteiger partial charge in [-0.05, 0) is 25.8 Å². The van der Waals surface area contributed by atoms with Crippen LogP contribution in [0.1, 0.15) is 19.3 Å². The average Bonchev–Trinajstić information content (AvgIpc) is 2.85. The first-order chi connectivity index (χ1) is 7.43. The quantitative estimate of drug-likeness (QED) is 0.784. The van der Waals surface area contributed by atoms with Gasteiger partial charge < -0.3 is 5.32 Å². The summed E-state index contributed by atoms with van der Waals surface area (Å²) in [6, 6.07) is 1.30. The van der Waals surface area contributed by atoms with E-state index in [1.807, 2.05) is 0 Å². The number of nitrogens with one attached hydrogen (secondary N) is 1. The molecule has 0 bridgehead atoms. The topological polar surface area (TPSA) is 41.1 Å². The predicted octanol–water partition coefficient (Wildman–Crippen LogP) is 1.13. The minimum absolute atomic E-state index is 0.573. The Bertz CT molecular complexity index is 327. The average molecular weight is 204 g/mol. The van der Waals surface area contributed by atoms with E-state index >= 15 is 0 Å². The van der Waals surface area contributed by atoms with Crippen LogP contribution in [0.15, 0.2) is 18.6 Å². The minimum Gasteiger partial charge on any atom is -0.364 e. The van der Waals surface area contributed by atoms with E-state index in [4.69, 9.17) is 0 Å². The van der Waals surface area contributed by atoms with E-state index in [2.05, 4.69) is 20.2 Å². The molecule has 1 aromatic heterocycles. The first-order valence-corrected chi connectivity index (χ1v) is 5.70. The van der Waals surface area contributed by atoms with E-state index in [1.54, 1.807) is 18.6 Å². The molecule has 2 fully saturated rings. The normalized spacial score (nSPS) is 30.4. The summed E-state index contributed by atoms with van der Waals surface area (Å²) in [6.07, 6.45) is 9.17. The van der Waals surface area contributed by atoms with Gasteiger partial charge in [0.2, 0.25) is 0 Å². The third-order valence-corrected chi connectivity index (χ3v) is 3.50. The predicted molar refractivity (Wildman–Crippen MR) is 58.7 cm³/mol. The monoisotopic (exact) mass is 204 g/mol. The van der Waals surface area contributed by atoms with Gasteiger partial charge in [-0.2, -0.15) is 0 Å². The largest absolute Gasteiger partial charge is 0.364 e. The van der Waals surface area contributed by atoms with Crippen molar-refractivity contribution in [1.82, 2.24) is 14.9 Å². The zero-order valence-corrected chi connectivity index (χ0v) is 8.76. The van der Waals surface area contributed by atoms with Crippen molar-refractivity contribution in [3.8, 4) is 0 Å². The molecule has 0 radical (unpaired) electrons. The Morgan fingerprint density at radius 2 is 2.27 bits per heavy atom. The third kappa shape index (κ3) is 1.69. The molecule has 0 saturated carbocycles. The Morgan fingerprint density at radius 1 is 1.27 bits per heavy atom. The Morgan fingerprint density at radius 3 is 3.13 bits per heavy atom. The van der Waals surface area contributed by atoms with Crippen LogP contribution in [0.25, 0.3) is 0 Å². The van der Waals surface area contributed by atoms with Crippen molar-refractivity contribution in [2.45, 2.75) is 31.3 Å². The van der Waals surface area contributed by atoms with Crippen molar-refractivity contribution in [3.63, 3.8) is 0 Å². The second-order valence-corrected chi connectivity index (χ2v) is 4.38. The molecule has 2 aliphatic heterocycles. The van der Waals surface area contributed by atoms with Crippen molar-refractivity contribution in [2.75, 3.05) is 18.4 Å². The lowest BCUT2D eigenvalue weighted by Gasteiger charge is -2.21. The summed E-state index contributed by atoms with van der Waals surface area (Å²) in [5.41, 5.74) is 0. The van der Waals surface area contributed by atoms with Gasteiger partial charge in [-0.1, -0.05) is 0 Å². The van der Waals surface area contributed by atoms with Gasteiger partial charge in [-0.25, -0.2) is 4.98 Å². The maximum Gasteiger partial charge on any atom is 0.144 e. The Kier molecular flexibility index (Phi) is 2.29. The molecule has 0 spiro atoms. The van der Waals surface area contributed by atoms with Gasteiger partial charge in [0.05, 0.1) is 6.20 Å². The van der Waals surface area contributed by atoms with Gasteiger partial charge in [0.1, 0.15) is 5.82 Å². The Labute approximate surface area is 89.7 Å². The highest BCUT2D eigenvalue weighted by atomic mass is 15.2. The van der Waals surface area contributed by atoms with E-state index < -0.39 is 0 Å². The van der Waals surface area contributed by atoms with Gasteiger partial charge in [-0.3, -0.25) is 9.88 Å². The van der Waals surface area contributed by atoms with Crippen LogP contribution in [-0.4, -0.2) is 40.0 Å². The number of fused-ring (bicyclic) bond motifs is 1. The molecule has 3 rings (SSSR count). The lowest BCUT2D eigenvalue weighted by molar-refractivity contribution is 0.318. The summed E-state index contributed by atoms with van der Waals surface area (Å²) in [5, 5.41) is 3.50. The molecule has 2 saturated heterocycles. The van der Waals surface area contributed by atoms with Crippen molar-refractivity contribution in [1.29, 1.82) is 0 Å². The van der Waals surface area contributed by atoms with E-state index in [-0.39, 0.29) is 0 Å². The number of rotatable bonds is 2. The Hall–Kier alpha value is -1.16. The fourth-order valence-corrected chi connectivity index (χ4v) is 2.81. The maximum absolute atomic E-state index is 4.26. The van der Waals surface area contributed by atoms with Crippen LogP contribution < -0.4 is 5.32 Å². The number of anilines is 1. The van der Waals surface area contributed by atoms with Crippen LogP contribution in [0.4, 0.5) is 5.82 Å². The minimum atomic E-state index is 0.573. The van der Waals surface area contributed by atoms with Crippen LogP contribution in [-0.2, 0) is 0 Å². The highest BCUT2D eigenvalue weighted by Crippen LogP contribution is 2.29. The molecule has 4 heteroatoms. The molecule has 15 heavy (non-hydrogen) atoms. The summed E-state index contributed by atoms with van der Waals surface area (Å²) >= 11 is 0. The van der Waals surface area contributed by atoms with Crippen LogP contribution in [0, 0.1) is 0 Å². The van der Waals surface area contributed by atoms with Crippen LogP contribution in [0.5, 0.6) is 0 Å². The van der Waals surface area contributed by atoms with E-state index in [0.29, 0.717) is 6.04 Å². The number of nitrogens with zero attached hydrogens (tertiary/aromatic N) is 3. The van der Waals surface area contributed by atoms with Gasteiger partial charge in [0, 0.05) is 31.0 Å². The zero-order valence-electron chi connectivity index (χ0n) is 8.76. The van der Waals surface area contributed by atoms with E-state index in [0.717, 1.165) is 11.9 Å². The maximum atomic E-state index is 4.26. The molecule has 1 N–H and O–H groups in total. The van der Waals surface area contributed by atoms with Gasteiger partial charge in [0.25, 0.3) is 0 Å². The molecular weight excluding hydrogens is 188 g/mol. The third-order valence-electron chi connectivity index (χ3n) is 3.50. The molecular formula is C11H16N4. The first kappa shape index (κ1) is 9.09. The zero-order chi connectivity index (χ0) is 10.1. The summed E-state index contributed by atoms with van der Waals surface area (Å²) < 4.78 is 0. The molecule has 0 aromatic carbocycles.